The number of amides is 1. The lowest BCUT2D eigenvalue weighted by molar-refractivity contribution is -0.384. The number of nitrogens with one attached hydrogen (secondary N) is 3. The maximum absolute atomic E-state index is 14.0. The molecule has 3 saturated carbocycles. The van der Waals surface area contributed by atoms with Crippen molar-refractivity contribution in [1.29, 1.82) is 0 Å². The fourth-order valence-electron chi connectivity index (χ4n) is 11.0. The number of benzene rings is 3. The minimum Gasteiger partial charge on any atom is -0.455 e. The number of nitro groups is 1. The minimum absolute atomic E-state index is 0.0144. The van der Waals surface area contributed by atoms with Crippen LogP contribution in [-0.2, 0) is 10.0 Å². The lowest BCUT2D eigenvalue weighted by Gasteiger charge is -2.56. The Hall–Kier alpha value is -5.51. The summed E-state index contributed by atoms with van der Waals surface area (Å²) in [7, 11) is -4.56. The second-order valence-electron chi connectivity index (χ2n) is 19.4. The van der Waals surface area contributed by atoms with Gasteiger partial charge in [0.15, 0.2) is 0 Å². The van der Waals surface area contributed by atoms with E-state index in [4.69, 9.17) is 4.74 Å². The van der Waals surface area contributed by atoms with Crippen LogP contribution < -0.4 is 19.7 Å². The first-order valence-corrected chi connectivity index (χ1v) is 24.5. The van der Waals surface area contributed by atoms with Gasteiger partial charge < -0.3 is 25.0 Å². The van der Waals surface area contributed by atoms with Crippen LogP contribution in [0.5, 0.6) is 11.5 Å². The molecule has 0 bridgehead atoms. The Balaban J connectivity index is 0.833. The first kappa shape index (κ1) is 42.4. The van der Waals surface area contributed by atoms with Gasteiger partial charge in [0.1, 0.15) is 22.8 Å². The first-order chi connectivity index (χ1) is 30.8. The van der Waals surface area contributed by atoms with Crippen molar-refractivity contribution in [3.63, 3.8) is 0 Å². The molecule has 2 aliphatic heterocycles. The molecule has 2 saturated heterocycles. The van der Waals surface area contributed by atoms with Gasteiger partial charge in [0, 0.05) is 61.1 Å². The number of likely N-dealkylation sites (tertiary alicyclic amines) is 1. The van der Waals surface area contributed by atoms with Crippen molar-refractivity contribution >= 4 is 44.0 Å². The molecule has 3 aromatic carbocycles. The zero-order chi connectivity index (χ0) is 44.2. The van der Waals surface area contributed by atoms with Crippen LogP contribution in [0.15, 0.2) is 90.1 Å². The molecule has 4 N–H and O–H groups in total. The Bertz CT molecular complexity index is 2670. The molecule has 10 rings (SSSR count). The number of carbonyl (C=O) groups excluding carboxylic acids is 1. The van der Waals surface area contributed by atoms with Crippen LogP contribution in [0.1, 0.15) is 117 Å². The van der Waals surface area contributed by atoms with Crippen molar-refractivity contribution in [2.24, 2.45) is 11.3 Å². The number of rotatable bonds is 13. The number of hydrogen-bond donors (Lipinski definition) is 4. The van der Waals surface area contributed by atoms with Gasteiger partial charge in [-0.1, -0.05) is 24.3 Å². The SMILES string of the molecule is CC1(O)CCC(CNc2ccc(S(=O)(=O)NC(=O)c3ccc(N4CCC5(CC4)CC(N4CCC[C@@H]4c4ccccc4C4CC4)C5)cc3Oc3cnc4[nH]ccc4c3)cc2[N+](=O)[O-])CC1. The molecule has 3 aliphatic carbocycles. The van der Waals surface area contributed by atoms with E-state index in [0.29, 0.717) is 48.3 Å². The molecule has 5 fully saturated rings. The summed E-state index contributed by atoms with van der Waals surface area (Å²) in [5.74, 6) is 0.548. The van der Waals surface area contributed by atoms with Gasteiger partial charge in [-0.25, -0.2) is 18.1 Å². The van der Waals surface area contributed by atoms with Crippen molar-refractivity contribution in [2.45, 2.75) is 112 Å². The number of sulfonamides is 1. The van der Waals surface area contributed by atoms with Gasteiger partial charge in [-0.15, -0.1) is 0 Å². The monoisotopic (exact) mass is 887 g/mol. The van der Waals surface area contributed by atoms with Gasteiger partial charge in [0.05, 0.1) is 27.2 Å². The van der Waals surface area contributed by atoms with E-state index in [1.165, 1.54) is 57.2 Å². The van der Waals surface area contributed by atoms with E-state index >= 15 is 0 Å². The van der Waals surface area contributed by atoms with Gasteiger partial charge in [0.2, 0.25) is 0 Å². The fourth-order valence-corrected chi connectivity index (χ4v) is 12.0. The molecular formula is C49H57N7O7S. The molecule has 64 heavy (non-hydrogen) atoms. The van der Waals surface area contributed by atoms with Gasteiger partial charge in [-0.2, -0.15) is 0 Å². The largest absolute Gasteiger partial charge is 0.455 e. The topological polar surface area (TPSA) is 183 Å². The van der Waals surface area contributed by atoms with E-state index in [0.717, 1.165) is 61.8 Å². The van der Waals surface area contributed by atoms with E-state index < -0.39 is 37.0 Å². The third-order valence-electron chi connectivity index (χ3n) is 14.9. The molecule has 0 radical (unpaired) electrons. The highest BCUT2D eigenvalue weighted by molar-refractivity contribution is 7.90. The number of hydrogen-bond acceptors (Lipinski definition) is 11. The quantitative estimate of drug-likeness (QED) is 0.0653. The number of carbonyl (C=O) groups is 1. The molecule has 1 spiro atoms. The molecule has 5 aromatic rings. The summed E-state index contributed by atoms with van der Waals surface area (Å²) in [6.45, 7) is 5.13. The zero-order valence-electron chi connectivity index (χ0n) is 36.3. The summed E-state index contributed by atoms with van der Waals surface area (Å²) in [4.78, 5) is 37.7. The van der Waals surface area contributed by atoms with E-state index in [2.05, 4.69) is 54.1 Å². The average molecular weight is 888 g/mol. The van der Waals surface area contributed by atoms with Crippen molar-refractivity contribution < 1.29 is 28.0 Å². The Morgan fingerprint density at radius 2 is 1.72 bits per heavy atom. The normalized spacial score (nSPS) is 23.8. The van der Waals surface area contributed by atoms with Crippen LogP contribution >= 0.6 is 0 Å². The number of fused-ring (bicyclic) bond motifs is 1. The Morgan fingerprint density at radius 1 is 0.953 bits per heavy atom. The Morgan fingerprint density at radius 3 is 2.47 bits per heavy atom. The summed E-state index contributed by atoms with van der Waals surface area (Å²) in [5, 5.41) is 26.4. The highest BCUT2D eigenvalue weighted by Crippen LogP contribution is 2.55. The summed E-state index contributed by atoms with van der Waals surface area (Å²) < 4.78 is 36.0. The lowest BCUT2D eigenvalue weighted by atomic mass is 9.59. The number of anilines is 2. The number of aromatic nitrogens is 2. The predicted molar refractivity (Wildman–Crippen MR) is 245 cm³/mol. The Kier molecular flexibility index (Phi) is 11.1. The van der Waals surface area contributed by atoms with Crippen molar-refractivity contribution in [3.05, 3.63) is 112 Å². The second-order valence-corrected chi connectivity index (χ2v) is 21.1. The predicted octanol–water partition coefficient (Wildman–Crippen LogP) is 9.20. The second kappa shape index (κ2) is 16.8. The number of nitro benzene ring substituents is 1. The van der Waals surface area contributed by atoms with E-state index in [1.807, 2.05) is 19.1 Å². The third kappa shape index (κ3) is 8.69. The van der Waals surface area contributed by atoms with Gasteiger partial charge in [-0.3, -0.25) is 19.8 Å². The summed E-state index contributed by atoms with van der Waals surface area (Å²) in [6, 6.07) is 22.7. The molecule has 1 amide bonds. The number of piperidine rings is 1. The number of aliphatic hydroxyl groups is 1. The first-order valence-electron chi connectivity index (χ1n) is 23.0. The summed E-state index contributed by atoms with van der Waals surface area (Å²) in [6.07, 6.45) is 15.8. The molecule has 15 heteroatoms. The highest BCUT2D eigenvalue weighted by atomic mass is 32.2. The maximum atomic E-state index is 14.0. The Labute approximate surface area is 374 Å². The standard InChI is InChI=1S/C49H57N7O7S/c1-48(58)17-14-32(15-18-48)30-51-42-13-11-38(27-44(42)56(59)60)64(61,62)53-47(57)41-12-10-35(26-45(41)63-37-25-34-16-21-50-46(34)52-31-37)54-23-19-49(20-24-54)28-36(29-49)55-22-4-7-43(55)40-6-3-2-5-39(40)33-8-9-33/h2-3,5-6,10-13,16,21,25-27,31-33,36,43,51,58H,4,7-9,14-15,17-20,22-24,28-30H2,1H3,(H,50,52)(H,53,57)/t32?,43-,48?/m1/s1. The molecule has 14 nitrogen and oxygen atoms in total. The van der Waals surface area contributed by atoms with Crippen LogP contribution in [0.2, 0.25) is 0 Å². The molecule has 4 heterocycles. The van der Waals surface area contributed by atoms with E-state index in [9.17, 15) is 28.4 Å². The number of ether oxygens (including phenoxy) is 1. The summed E-state index contributed by atoms with van der Waals surface area (Å²) >= 11 is 0. The molecule has 1 atom stereocenters. The molecule has 2 aromatic heterocycles. The number of pyridine rings is 1. The van der Waals surface area contributed by atoms with Crippen LogP contribution in [0, 0.1) is 21.4 Å². The van der Waals surface area contributed by atoms with Crippen LogP contribution in [-0.4, -0.2) is 77.0 Å². The molecule has 0 unspecified atom stereocenters. The van der Waals surface area contributed by atoms with Crippen LogP contribution in [0.3, 0.4) is 0 Å². The number of aromatic amines is 1. The average Bonchev–Trinajstić information content (AvgIpc) is 3.82. The molecule has 5 aliphatic rings. The third-order valence-corrected chi connectivity index (χ3v) is 16.3. The molecule has 336 valence electrons. The maximum Gasteiger partial charge on any atom is 0.293 e. The highest BCUT2D eigenvalue weighted by Gasteiger charge is 2.50. The number of nitrogens with zero attached hydrogens (tertiary/aromatic N) is 4. The fraction of sp³-hybridized carbons (Fsp3) is 0.469. The van der Waals surface area contributed by atoms with Gasteiger partial charge >= 0.3 is 0 Å². The van der Waals surface area contributed by atoms with Gasteiger partial charge in [-0.05, 0) is 155 Å². The van der Waals surface area contributed by atoms with Crippen molar-refractivity contribution in [3.8, 4) is 11.5 Å². The van der Waals surface area contributed by atoms with E-state index in [1.54, 1.807) is 41.7 Å². The van der Waals surface area contributed by atoms with Crippen molar-refractivity contribution in [2.75, 3.05) is 36.4 Å². The van der Waals surface area contributed by atoms with Crippen LogP contribution in [0.4, 0.5) is 17.1 Å². The van der Waals surface area contributed by atoms with E-state index in [-0.39, 0.29) is 22.9 Å². The summed E-state index contributed by atoms with van der Waals surface area (Å²) in [5.41, 5.74) is 4.03. The smallest absolute Gasteiger partial charge is 0.293 e. The molecular weight excluding hydrogens is 831 g/mol. The zero-order valence-corrected chi connectivity index (χ0v) is 37.1. The van der Waals surface area contributed by atoms with Crippen molar-refractivity contribution in [1.82, 2.24) is 19.6 Å². The van der Waals surface area contributed by atoms with Gasteiger partial charge in [0.25, 0.3) is 21.6 Å². The lowest BCUT2D eigenvalue weighted by Crippen LogP contribution is -2.54. The van der Waals surface area contributed by atoms with Crippen LogP contribution in [0.25, 0.3) is 11.0 Å². The number of H-pyrrole nitrogens is 1. The minimum atomic E-state index is -4.56.